The van der Waals surface area contributed by atoms with E-state index >= 15 is 0 Å². The number of sulfonamides is 1. The summed E-state index contributed by atoms with van der Waals surface area (Å²) in [4.78, 5) is 1.14. The van der Waals surface area contributed by atoms with Gasteiger partial charge in [0.25, 0.3) is 0 Å². The lowest BCUT2D eigenvalue weighted by Gasteiger charge is -2.25. The molecule has 0 aromatic heterocycles. The Labute approximate surface area is 134 Å². The summed E-state index contributed by atoms with van der Waals surface area (Å²) >= 11 is 1.73. The standard InChI is InChI=1S/C16H14N2O2S2/c17-11-12-5-1-4-8-16(12)22(19,20)18-14-9-10-21-15-7-3-2-6-13(14)15/h1-8,14,18H,9-10H2/t14-/m1/s1. The normalized spacial score (nSPS) is 17.5. The van der Waals surface area contributed by atoms with Crippen molar-refractivity contribution in [3.63, 3.8) is 0 Å². The summed E-state index contributed by atoms with van der Waals surface area (Å²) < 4.78 is 28.0. The summed E-state index contributed by atoms with van der Waals surface area (Å²) in [5.41, 5.74) is 1.16. The van der Waals surface area contributed by atoms with Crippen LogP contribution in [-0.2, 0) is 10.0 Å². The Balaban J connectivity index is 1.95. The molecule has 2 aromatic carbocycles. The zero-order valence-electron chi connectivity index (χ0n) is 11.7. The minimum atomic E-state index is -3.73. The highest BCUT2D eigenvalue weighted by atomic mass is 32.2. The molecule has 0 aliphatic carbocycles. The number of thioether (sulfide) groups is 1. The zero-order valence-corrected chi connectivity index (χ0v) is 13.3. The lowest BCUT2D eigenvalue weighted by Crippen LogP contribution is -2.31. The maximum atomic E-state index is 12.6. The molecule has 0 radical (unpaired) electrons. The first-order chi connectivity index (χ1) is 10.6. The fourth-order valence-electron chi connectivity index (χ4n) is 2.51. The van der Waals surface area contributed by atoms with E-state index in [-0.39, 0.29) is 16.5 Å². The van der Waals surface area contributed by atoms with Crippen LogP contribution in [0.25, 0.3) is 0 Å². The van der Waals surface area contributed by atoms with Crippen LogP contribution in [0, 0.1) is 11.3 Å². The topological polar surface area (TPSA) is 70.0 Å². The molecular formula is C16H14N2O2S2. The van der Waals surface area contributed by atoms with Crippen molar-refractivity contribution in [1.82, 2.24) is 4.72 Å². The van der Waals surface area contributed by atoms with E-state index < -0.39 is 10.0 Å². The molecule has 4 nitrogen and oxygen atoms in total. The Morgan fingerprint density at radius 3 is 2.68 bits per heavy atom. The number of benzene rings is 2. The Kier molecular flexibility index (Phi) is 4.21. The van der Waals surface area contributed by atoms with Gasteiger partial charge in [-0.3, -0.25) is 0 Å². The molecule has 6 heteroatoms. The molecule has 0 saturated heterocycles. The first kappa shape index (κ1) is 15.1. The van der Waals surface area contributed by atoms with Crippen molar-refractivity contribution in [3.05, 3.63) is 59.7 Å². The zero-order chi connectivity index (χ0) is 15.6. The van der Waals surface area contributed by atoms with E-state index in [1.807, 2.05) is 30.3 Å². The molecule has 1 aliphatic rings. The van der Waals surface area contributed by atoms with Crippen LogP contribution in [0.1, 0.15) is 23.6 Å². The average molecular weight is 330 g/mol. The second-order valence-electron chi connectivity index (χ2n) is 4.96. The van der Waals surface area contributed by atoms with Crippen molar-refractivity contribution >= 4 is 21.8 Å². The first-order valence-electron chi connectivity index (χ1n) is 6.85. The fourth-order valence-corrected chi connectivity index (χ4v) is 5.04. The Morgan fingerprint density at radius 1 is 1.14 bits per heavy atom. The summed E-state index contributed by atoms with van der Waals surface area (Å²) in [6.07, 6.45) is 0.732. The minimum absolute atomic E-state index is 0.0354. The van der Waals surface area contributed by atoms with Gasteiger partial charge >= 0.3 is 0 Å². The maximum Gasteiger partial charge on any atom is 0.242 e. The third-order valence-electron chi connectivity index (χ3n) is 3.55. The van der Waals surface area contributed by atoms with Crippen LogP contribution in [0.3, 0.4) is 0 Å². The van der Waals surface area contributed by atoms with Crippen LogP contribution in [0.4, 0.5) is 0 Å². The molecule has 1 N–H and O–H groups in total. The van der Waals surface area contributed by atoms with E-state index in [1.54, 1.807) is 23.9 Å². The molecule has 0 unspecified atom stereocenters. The molecule has 0 bridgehead atoms. The van der Waals surface area contributed by atoms with Gasteiger partial charge in [0.2, 0.25) is 10.0 Å². The number of hydrogen-bond acceptors (Lipinski definition) is 4. The Bertz CT molecular complexity index is 841. The number of rotatable bonds is 3. The van der Waals surface area contributed by atoms with Gasteiger partial charge in [-0.2, -0.15) is 5.26 Å². The third-order valence-corrected chi connectivity index (χ3v) is 6.21. The van der Waals surface area contributed by atoms with Gasteiger partial charge in [0.1, 0.15) is 6.07 Å². The number of nitrogens with one attached hydrogen (secondary N) is 1. The van der Waals surface area contributed by atoms with Gasteiger partial charge in [-0.1, -0.05) is 30.3 Å². The molecule has 2 aromatic rings. The van der Waals surface area contributed by atoms with E-state index in [0.29, 0.717) is 0 Å². The molecule has 0 amide bonds. The molecule has 0 spiro atoms. The molecule has 112 valence electrons. The van der Waals surface area contributed by atoms with Crippen molar-refractivity contribution in [2.75, 3.05) is 5.75 Å². The van der Waals surface area contributed by atoms with Crippen molar-refractivity contribution in [2.24, 2.45) is 0 Å². The molecule has 0 fully saturated rings. The van der Waals surface area contributed by atoms with Crippen LogP contribution in [-0.4, -0.2) is 14.2 Å². The number of hydrogen-bond donors (Lipinski definition) is 1. The molecule has 1 heterocycles. The average Bonchev–Trinajstić information content (AvgIpc) is 2.55. The molecule has 1 atom stereocenters. The van der Waals surface area contributed by atoms with Gasteiger partial charge in [0, 0.05) is 10.9 Å². The fraction of sp³-hybridized carbons (Fsp3) is 0.188. The second kappa shape index (κ2) is 6.13. The van der Waals surface area contributed by atoms with Gasteiger partial charge in [-0.25, -0.2) is 13.1 Å². The van der Waals surface area contributed by atoms with Crippen LogP contribution in [0.2, 0.25) is 0 Å². The Hall–Kier alpha value is -1.81. The number of nitriles is 1. The molecule has 0 saturated carbocycles. The van der Waals surface area contributed by atoms with Crippen molar-refractivity contribution in [2.45, 2.75) is 22.3 Å². The molecular weight excluding hydrogens is 316 g/mol. The maximum absolute atomic E-state index is 12.6. The van der Waals surface area contributed by atoms with Crippen LogP contribution in [0.5, 0.6) is 0 Å². The quantitative estimate of drug-likeness (QED) is 0.939. The monoisotopic (exact) mass is 330 g/mol. The lowest BCUT2D eigenvalue weighted by molar-refractivity contribution is 0.546. The largest absolute Gasteiger partial charge is 0.242 e. The summed E-state index contributed by atoms with van der Waals surface area (Å²) in [5.74, 6) is 0.865. The predicted octanol–water partition coefficient (Wildman–Crippen LogP) is 3.07. The summed E-state index contributed by atoms with van der Waals surface area (Å²) in [7, 11) is -3.73. The van der Waals surface area contributed by atoms with Crippen LogP contribution >= 0.6 is 11.8 Å². The summed E-state index contributed by atoms with van der Waals surface area (Å²) in [6, 6.07) is 15.8. The second-order valence-corrected chi connectivity index (χ2v) is 7.78. The van der Waals surface area contributed by atoms with Crippen molar-refractivity contribution < 1.29 is 8.42 Å². The lowest BCUT2D eigenvalue weighted by atomic mass is 10.1. The van der Waals surface area contributed by atoms with Gasteiger partial charge < -0.3 is 0 Å². The van der Waals surface area contributed by atoms with Crippen LogP contribution in [0.15, 0.2) is 58.3 Å². The predicted molar refractivity (Wildman–Crippen MR) is 86.0 cm³/mol. The van der Waals surface area contributed by atoms with Gasteiger partial charge in [0.05, 0.1) is 10.5 Å². The molecule has 3 rings (SSSR count). The summed E-state index contributed by atoms with van der Waals surface area (Å²) in [6.45, 7) is 0. The van der Waals surface area contributed by atoms with Crippen LogP contribution < -0.4 is 4.72 Å². The smallest absolute Gasteiger partial charge is 0.207 e. The highest BCUT2D eigenvalue weighted by molar-refractivity contribution is 7.99. The van der Waals surface area contributed by atoms with Crippen molar-refractivity contribution in [1.29, 1.82) is 5.26 Å². The molecule has 1 aliphatic heterocycles. The van der Waals surface area contributed by atoms with Gasteiger partial charge in [-0.05, 0) is 35.9 Å². The van der Waals surface area contributed by atoms with E-state index in [9.17, 15) is 8.42 Å². The summed E-state index contributed by atoms with van der Waals surface area (Å²) in [5, 5.41) is 9.10. The number of fused-ring (bicyclic) bond motifs is 1. The minimum Gasteiger partial charge on any atom is -0.207 e. The Morgan fingerprint density at radius 2 is 1.86 bits per heavy atom. The number of nitrogens with zero attached hydrogens (tertiary/aromatic N) is 1. The third kappa shape index (κ3) is 2.88. The van der Waals surface area contributed by atoms with E-state index in [0.717, 1.165) is 22.6 Å². The van der Waals surface area contributed by atoms with E-state index in [2.05, 4.69) is 4.72 Å². The SMILES string of the molecule is N#Cc1ccccc1S(=O)(=O)N[C@@H]1CCSc2ccccc21. The van der Waals surface area contributed by atoms with Gasteiger partial charge in [0.15, 0.2) is 0 Å². The van der Waals surface area contributed by atoms with E-state index in [1.165, 1.54) is 12.1 Å². The molecule has 22 heavy (non-hydrogen) atoms. The van der Waals surface area contributed by atoms with Gasteiger partial charge in [-0.15, -0.1) is 11.8 Å². The van der Waals surface area contributed by atoms with E-state index in [4.69, 9.17) is 5.26 Å². The highest BCUT2D eigenvalue weighted by Gasteiger charge is 2.27. The van der Waals surface area contributed by atoms with Crippen molar-refractivity contribution in [3.8, 4) is 6.07 Å². The highest BCUT2D eigenvalue weighted by Crippen LogP contribution is 2.36. The first-order valence-corrected chi connectivity index (χ1v) is 9.32.